The zero-order valence-electron chi connectivity index (χ0n) is 9.92. The Balaban J connectivity index is 2.92. The fourth-order valence-electron chi connectivity index (χ4n) is 1.53. The lowest BCUT2D eigenvalue weighted by atomic mass is 10.0. The van der Waals surface area contributed by atoms with E-state index in [4.69, 9.17) is 5.11 Å². The van der Waals surface area contributed by atoms with Crippen molar-refractivity contribution in [1.82, 2.24) is 5.32 Å². The van der Waals surface area contributed by atoms with E-state index < -0.39 is 29.7 Å². The van der Waals surface area contributed by atoms with Crippen LogP contribution in [0, 0.1) is 18.6 Å². The van der Waals surface area contributed by atoms with Gasteiger partial charge in [-0.1, -0.05) is 0 Å². The fourth-order valence-corrected chi connectivity index (χ4v) is 1.53. The van der Waals surface area contributed by atoms with E-state index in [1.54, 1.807) is 6.92 Å². The second-order valence-electron chi connectivity index (χ2n) is 4.07. The number of nitrogens with one attached hydrogen (secondary N) is 1. The predicted octanol–water partition coefficient (Wildman–Crippen LogP) is 2.40. The maximum absolute atomic E-state index is 13.6. The molecule has 5 heteroatoms. The highest BCUT2D eigenvalue weighted by molar-refractivity contribution is 5.72. The monoisotopic (exact) mass is 243 g/mol. The minimum absolute atomic E-state index is 0.126. The first-order valence-electron chi connectivity index (χ1n) is 5.27. The van der Waals surface area contributed by atoms with Crippen LogP contribution < -0.4 is 5.32 Å². The Hall–Kier alpha value is -1.49. The number of aryl methyl sites for hydroxylation is 1. The third-order valence-corrected chi connectivity index (χ3v) is 2.61. The van der Waals surface area contributed by atoms with Crippen LogP contribution >= 0.6 is 0 Å². The fraction of sp³-hybridized carbons (Fsp3) is 0.417. The van der Waals surface area contributed by atoms with Gasteiger partial charge in [0.25, 0.3) is 0 Å². The third kappa shape index (κ3) is 3.23. The van der Waals surface area contributed by atoms with Crippen LogP contribution in [0.4, 0.5) is 8.78 Å². The topological polar surface area (TPSA) is 49.3 Å². The van der Waals surface area contributed by atoms with Crippen molar-refractivity contribution in [3.05, 3.63) is 34.9 Å². The Morgan fingerprint density at radius 2 is 1.88 bits per heavy atom. The Morgan fingerprint density at radius 1 is 1.29 bits per heavy atom. The molecule has 17 heavy (non-hydrogen) atoms. The van der Waals surface area contributed by atoms with Gasteiger partial charge in [-0.15, -0.1) is 0 Å². The van der Waals surface area contributed by atoms with Crippen LogP contribution in [0.1, 0.15) is 31.0 Å². The van der Waals surface area contributed by atoms with Crippen molar-refractivity contribution in [1.29, 1.82) is 0 Å². The second-order valence-corrected chi connectivity index (χ2v) is 4.07. The number of rotatable bonds is 4. The zero-order valence-corrected chi connectivity index (χ0v) is 9.92. The van der Waals surface area contributed by atoms with Gasteiger partial charge < -0.3 is 5.11 Å². The minimum atomic E-state index is -1.04. The molecule has 0 saturated carbocycles. The van der Waals surface area contributed by atoms with Gasteiger partial charge in [0.05, 0.1) is 0 Å². The Morgan fingerprint density at radius 3 is 2.41 bits per heavy atom. The SMILES string of the molecule is Cc1cc(F)c(C(C)NC(C)C(=O)O)cc1F. The van der Waals surface area contributed by atoms with Gasteiger partial charge in [-0.25, -0.2) is 8.78 Å². The van der Waals surface area contributed by atoms with Gasteiger partial charge in [-0.3, -0.25) is 10.1 Å². The normalized spacial score (nSPS) is 14.4. The summed E-state index contributed by atoms with van der Waals surface area (Å²) in [4.78, 5) is 10.6. The summed E-state index contributed by atoms with van der Waals surface area (Å²) >= 11 is 0. The van der Waals surface area contributed by atoms with Gasteiger partial charge in [-0.2, -0.15) is 0 Å². The van der Waals surface area contributed by atoms with Crippen molar-refractivity contribution < 1.29 is 18.7 Å². The molecule has 0 saturated heterocycles. The number of carbonyl (C=O) groups is 1. The summed E-state index contributed by atoms with van der Waals surface area (Å²) in [6, 6.07) is 0.801. The molecule has 0 aromatic heterocycles. The van der Waals surface area contributed by atoms with E-state index in [0.717, 1.165) is 12.1 Å². The van der Waals surface area contributed by atoms with Crippen LogP contribution in [0.25, 0.3) is 0 Å². The van der Waals surface area contributed by atoms with Gasteiger partial charge in [0.15, 0.2) is 0 Å². The molecule has 0 fully saturated rings. The molecule has 0 spiro atoms. The third-order valence-electron chi connectivity index (χ3n) is 2.61. The van der Waals surface area contributed by atoms with Crippen molar-refractivity contribution in [2.24, 2.45) is 0 Å². The molecule has 0 amide bonds. The van der Waals surface area contributed by atoms with Crippen molar-refractivity contribution >= 4 is 5.97 Å². The van der Waals surface area contributed by atoms with E-state index in [1.165, 1.54) is 13.8 Å². The molecule has 2 N–H and O–H groups in total. The molecule has 0 bridgehead atoms. The van der Waals surface area contributed by atoms with Crippen LogP contribution in [0.15, 0.2) is 12.1 Å². The summed E-state index contributed by atoms with van der Waals surface area (Å²) in [6.45, 7) is 4.51. The maximum Gasteiger partial charge on any atom is 0.320 e. The van der Waals surface area contributed by atoms with Gasteiger partial charge in [0.1, 0.15) is 17.7 Å². The lowest BCUT2D eigenvalue weighted by molar-refractivity contribution is -0.139. The molecule has 94 valence electrons. The maximum atomic E-state index is 13.6. The van der Waals surface area contributed by atoms with Gasteiger partial charge >= 0.3 is 5.97 Å². The molecule has 1 aromatic carbocycles. The molecular formula is C12H15F2NO2. The molecule has 3 nitrogen and oxygen atoms in total. The lowest BCUT2D eigenvalue weighted by Gasteiger charge is -2.18. The number of carboxylic acids is 1. The summed E-state index contributed by atoms with van der Waals surface area (Å²) in [5, 5.41) is 11.4. The van der Waals surface area contributed by atoms with Crippen LogP contribution in [0.2, 0.25) is 0 Å². The van der Waals surface area contributed by atoms with Crippen molar-refractivity contribution in [3.8, 4) is 0 Å². The smallest absolute Gasteiger partial charge is 0.320 e. The Labute approximate surface area is 98.5 Å². The lowest BCUT2D eigenvalue weighted by Crippen LogP contribution is -2.35. The number of halogens is 2. The van der Waals surface area contributed by atoms with Crippen molar-refractivity contribution in [3.63, 3.8) is 0 Å². The number of carboxylic acid groups (broad SMARTS) is 1. The molecule has 0 aliphatic carbocycles. The quantitative estimate of drug-likeness (QED) is 0.853. The number of hydrogen-bond donors (Lipinski definition) is 2. The van der Waals surface area contributed by atoms with E-state index in [9.17, 15) is 13.6 Å². The van der Waals surface area contributed by atoms with Gasteiger partial charge in [0, 0.05) is 11.6 Å². The molecule has 2 atom stereocenters. The number of benzene rings is 1. The molecule has 1 aromatic rings. The van der Waals surface area contributed by atoms with Gasteiger partial charge in [-0.05, 0) is 38.5 Å². The molecule has 0 radical (unpaired) electrons. The zero-order chi connectivity index (χ0) is 13.2. The van der Waals surface area contributed by atoms with E-state index >= 15 is 0 Å². The average molecular weight is 243 g/mol. The van der Waals surface area contributed by atoms with Crippen LogP contribution in [-0.2, 0) is 4.79 Å². The second kappa shape index (κ2) is 5.23. The first kappa shape index (κ1) is 13.6. The minimum Gasteiger partial charge on any atom is -0.480 e. The van der Waals surface area contributed by atoms with E-state index in [2.05, 4.69) is 5.32 Å². The summed E-state index contributed by atoms with van der Waals surface area (Å²) in [5.41, 5.74) is 0.353. The van der Waals surface area contributed by atoms with Crippen molar-refractivity contribution in [2.45, 2.75) is 32.9 Å². The molecule has 0 heterocycles. The highest BCUT2D eigenvalue weighted by Gasteiger charge is 2.18. The summed E-state index contributed by atoms with van der Waals surface area (Å²) in [7, 11) is 0. The highest BCUT2D eigenvalue weighted by Crippen LogP contribution is 2.20. The standard InChI is InChI=1S/C12H15F2NO2/c1-6-4-11(14)9(5-10(6)13)7(2)15-8(3)12(16)17/h4-5,7-8,15H,1-3H3,(H,16,17). The van der Waals surface area contributed by atoms with Crippen LogP contribution in [0.5, 0.6) is 0 Å². The first-order valence-corrected chi connectivity index (χ1v) is 5.27. The molecule has 0 aliphatic heterocycles. The average Bonchev–Trinajstić information content (AvgIpc) is 2.22. The van der Waals surface area contributed by atoms with E-state index in [-0.39, 0.29) is 11.1 Å². The van der Waals surface area contributed by atoms with E-state index in [1.807, 2.05) is 0 Å². The predicted molar refractivity (Wildman–Crippen MR) is 59.7 cm³/mol. The molecular weight excluding hydrogens is 228 g/mol. The number of hydrogen-bond acceptors (Lipinski definition) is 2. The van der Waals surface area contributed by atoms with Crippen LogP contribution in [0.3, 0.4) is 0 Å². The molecule has 1 rings (SSSR count). The number of aliphatic carboxylic acids is 1. The van der Waals surface area contributed by atoms with Crippen LogP contribution in [-0.4, -0.2) is 17.1 Å². The summed E-state index contributed by atoms with van der Waals surface area (Å²) in [5.74, 6) is -2.08. The summed E-state index contributed by atoms with van der Waals surface area (Å²) < 4.78 is 26.9. The van der Waals surface area contributed by atoms with E-state index in [0.29, 0.717) is 0 Å². The van der Waals surface area contributed by atoms with Crippen molar-refractivity contribution in [2.75, 3.05) is 0 Å². The largest absolute Gasteiger partial charge is 0.480 e. The Kier molecular flexibility index (Phi) is 4.17. The first-order chi connectivity index (χ1) is 7.82. The Bertz CT molecular complexity index is 435. The summed E-state index contributed by atoms with van der Waals surface area (Å²) in [6.07, 6.45) is 0. The molecule has 0 aliphatic rings. The van der Waals surface area contributed by atoms with Gasteiger partial charge in [0.2, 0.25) is 0 Å². The molecule has 2 unspecified atom stereocenters. The highest BCUT2D eigenvalue weighted by atomic mass is 19.1.